The van der Waals surface area contributed by atoms with Gasteiger partial charge in [-0.3, -0.25) is 9.59 Å². The maximum absolute atomic E-state index is 12.2. The molecule has 4 nitrogen and oxygen atoms in total. The van der Waals surface area contributed by atoms with Crippen molar-refractivity contribution in [3.8, 4) is 0 Å². The van der Waals surface area contributed by atoms with Crippen LogP contribution < -0.4 is 9.80 Å². The van der Waals surface area contributed by atoms with Crippen molar-refractivity contribution in [2.24, 2.45) is 0 Å². The Morgan fingerprint density at radius 2 is 1.57 bits per heavy atom. The number of rotatable bonds is 4. The summed E-state index contributed by atoms with van der Waals surface area (Å²) in [6.45, 7) is 1.52. The highest BCUT2D eigenvalue weighted by Gasteiger charge is 2.13. The van der Waals surface area contributed by atoms with Crippen LogP contribution in [-0.2, 0) is 16.0 Å². The van der Waals surface area contributed by atoms with Crippen molar-refractivity contribution in [2.45, 2.75) is 13.3 Å². The summed E-state index contributed by atoms with van der Waals surface area (Å²) >= 11 is 1.58. The number of thiophene rings is 1. The third-order valence-electron chi connectivity index (χ3n) is 3.38. The summed E-state index contributed by atoms with van der Waals surface area (Å²) in [7, 11) is 3.49. The van der Waals surface area contributed by atoms with Crippen molar-refractivity contribution in [3.63, 3.8) is 0 Å². The van der Waals surface area contributed by atoms with Crippen LogP contribution in [-0.4, -0.2) is 25.9 Å². The molecular formula is C16H18N2O2S. The van der Waals surface area contributed by atoms with Gasteiger partial charge in [0, 0.05) is 37.3 Å². The van der Waals surface area contributed by atoms with Gasteiger partial charge in [-0.25, -0.2) is 0 Å². The van der Waals surface area contributed by atoms with Gasteiger partial charge >= 0.3 is 0 Å². The van der Waals surface area contributed by atoms with Crippen LogP contribution in [0.1, 0.15) is 11.8 Å². The minimum absolute atomic E-state index is 0.0233. The number of anilines is 2. The minimum atomic E-state index is -0.0233. The molecule has 21 heavy (non-hydrogen) atoms. The number of amides is 2. The molecule has 0 unspecified atom stereocenters. The molecule has 1 heterocycles. The first-order valence-corrected chi connectivity index (χ1v) is 7.50. The van der Waals surface area contributed by atoms with E-state index in [0.29, 0.717) is 6.42 Å². The van der Waals surface area contributed by atoms with Crippen LogP contribution in [0, 0.1) is 0 Å². The Kier molecular flexibility index (Phi) is 4.75. The summed E-state index contributed by atoms with van der Waals surface area (Å²) in [4.78, 5) is 27.8. The average Bonchev–Trinajstić information content (AvgIpc) is 2.98. The lowest BCUT2D eigenvalue weighted by Crippen LogP contribution is -2.27. The summed E-state index contributed by atoms with van der Waals surface area (Å²) in [5.74, 6) is 0.0231. The van der Waals surface area contributed by atoms with Crippen molar-refractivity contribution in [1.29, 1.82) is 0 Å². The van der Waals surface area contributed by atoms with Gasteiger partial charge in [0.2, 0.25) is 11.8 Å². The van der Waals surface area contributed by atoms with Crippen molar-refractivity contribution >= 4 is 34.5 Å². The molecule has 0 radical (unpaired) electrons. The standard InChI is InChI=1S/C16H18N2O2S/c1-12(19)17(2)13-6-8-14(9-7-13)18(3)16(20)11-15-5-4-10-21-15/h4-10H,11H2,1-3H3. The molecule has 0 atom stereocenters. The van der Waals surface area contributed by atoms with E-state index in [1.165, 1.54) is 6.92 Å². The lowest BCUT2D eigenvalue weighted by atomic mass is 10.2. The molecule has 0 bridgehead atoms. The van der Waals surface area contributed by atoms with E-state index in [1.54, 1.807) is 35.2 Å². The number of hydrogen-bond donors (Lipinski definition) is 0. The van der Waals surface area contributed by atoms with Crippen LogP contribution in [0.4, 0.5) is 11.4 Å². The van der Waals surface area contributed by atoms with E-state index in [-0.39, 0.29) is 11.8 Å². The summed E-state index contributed by atoms with van der Waals surface area (Å²) in [5, 5.41) is 1.97. The van der Waals surface area contributed by atoms with Gasteiger partial charge in [-0.1, -0.05) is 6.07 Å². The predicted molar refractivity (Wildman–Crippen MR) is 87.0 cm³/mol. The number of hydrogen-bond acceptors (Lipinski definition) is 3. The molecule has 2 rings (SSSR count). The number of benzene rings is 1. The number of nitrogens with zero attached hydrogens (tertiary/aromatic N) is 2. The zero-order chi connectivity index (χ0) is 15.4. The van der Waals surface area contributed by atoms with Crippen molar-refractivity contribution in [2.75, 3.05) is 23.9 Å². The van der Waals surface area contributed by atoms with E-state index in [0.717, 1.165) is 16.3 Å². The van der Waals surface area contributed by atoms with Gasteiger partial charge in [-0.15, -0.1) is 11.3 Å². The summed E-state index contributed by atoms with van der Waals surface area (Å²) in [6, 6.07) is 11.3. The second-order valence-electron chi connectivity index (χ2n) is 4.80. The predicted octanol–water partition coefficient (Wildman–Crippen LogP) is 2.94. The number of carbonyl (C=O) groups excluding carboxylic acids is 2. The molecule has 0 saturated heterocycles. The fourth-order valence-electron chi connectivity index (χ4n) is 1.91. The van der Waals surface area contributed by atoms with Gasteiger partial charge in [0.25, 0.3) is 0 Å². The first-order valence-electron chi connectivity index (χ1n) is 6.62. The maximum Gasteiger partial charge on any atom is 0.231 e. The fraction of sp³-hybridized carbons (Fsp3) is 0.250. The molecule has 2 aromatic rings. The zero-order valence-corrected chi connectivity index (χ0v) is 13.2. The highest BCUT2D eigenvalue weighted by Crippen LogP contribution is 2.20. The average molecular weight is 302 g/mol. The first kappa shape index (κ1) is 15.3. The van der Waals surface area contributed by atoms with Crippen LogP contribution in [0.15, 0.2) is 41.8 Å². The largest absolute Gasteiger partial charge is 0.316 e. The normalized spacial score (nSPS) is 10.2. The van der Waals surface area contributed by atoms with Crippen molar-refractivity contribution in [1.82, 2.24) is 0 Å². The fourth-order valence-corrected chi connectivity index (χ4v) is 2.60. The smallest absolute Gasteiger partial charge is 0.231 e. The third kappa shape index (κ3) is 3.70. The van der Waals surface area contributed by atoms with E-state index in [9.17, 15) is 9.59 Å². The molecule has 2 amide bonds. The van der Waals surface area contributed by atoms with Gasteiger partial charge < -0.3 is 9.80 Å². The molecule has 0 saturated carbocycles. The lowest BCUT2D eigenvalue weighted by Gasteiger charge is -2.19. The quantitative estimate of drug-likeness (QED) is 0.871. The molecule has 110 valence electrons. The highest BCUT2D eigenvalue weighted by atomic mass is 32.1. The Balaban J connectivity index is 2.07. The Morgan fingerprint density at radius 3 is 2.05 bits per heavy atom. The van der Waals surface area contributed by atoms with Crippen LogP contribution in [0.5, 0.6) is 0 Å². The van der Waals surface area contributed by atoms with Gasteiger partial charge in [0.1, 0.15) is 0 Å². The number of likely N-dealkylation sites (N-methyl/N-ethyl adjacent to an activating group) is 1. The van der Waals surface area contributed by atoms with Crippen LogP contribution in [0.2, 0.25) is 0 Å². The van der Waals surface area contributed by atoms with E-state index < -0.39 is 0 Å². The Hall–Kier alpha value is -2.14. The molecule has 0 fully saturated rings. The van der Waals surface area contributed by atoms with Gasteiger partial charge in [0.15, 0.2) is 0 Å². The van der Waals surface area contributed by atoms with Crippen LogP contribution in [0.3, 0.4) is 0 Å². The summed E-state index contributed by atoms with van der Waals surface area (Å²) < 4.78 is 0. The molecule has 0 N–H and O–H groups in total. The van der Waals surface area contributed by atoms with Gasteiger partial charge in [0.05, 0.1) is 6.42 Å². The first-order chi connectivity index (χ1) is 9.99. The van der Waals surface area contributed by atoms with Crippen LogP contribution in [0.25, 0.3) is 0 Å². The topological polar surface area (TPSA) is 40.6 Å². The second-order valence-corrected chi connectivity index (χ2v) is 5.84. The second kappa shape index (κ2) is 6.54. The van der Waals surface area contributed by atoms with Gasteiger partial charge in [-0.05, 0) is 35.7 Å². The molecular weight excluding hydrogens is 284 g/mol. The molecule has 5 heteroatoms. The number of carbonyl (C=O) groups is 2. The Bertz CT molecular complexity index is 620. The van der Waals surface area contributed by atoms with E-state index in [1.807, 2.05) is 41.8 Å². The minimum Gasteiger partial charge on any atom is -0.316 e. The van der Waals surface area contributed by atoms with Crippen molar-refractivity contribution in [3.05, 3.63) is 46.7 Å². The molecule has 0 aliphatic rings. The SMILES string of the molecule is CC(=O)N(C)c1ccc(N(C)C(=O)Cc2cccs2)cc1. The monoisotopic (exact) mass is 302 g/mol. The third-order valence-corrected chi connectivity index (χ3v) is 4.25. The van der Waals surface area contributed by atoms with Crippen LogP contribution >= 0.6 is 11.3 Å². The Morgan fingerprint density at radius 1 is 1.00 bits per heavy atom. The Labute approximate surface area is 128 Å². The molecule has 0 aliphatic carbocycles. The summed E-state index contributed by atoms with van der Waals surface area (Å²) in [5.41, 5.74) is 1.63. The van der Waals surface area contributed by atoms with E-state index >= 15 is 0 Å². The molecule has 0 spiro atoms. The molecule has 1 aromatic heterocycles. The molecule has 1 aromatic carbocycles. The maximum atomic E-state index is 12.2. The zero-order valence-electron chi connectivity index (χ0n) is 12.4. The summed E-state index contributed by atoms with van der Waals surface area (Å²) in [6.07, 6.45) is 0.406. The van der Waals surface area contributed by atoms with Gasteiger partial charge in [-0.2, -0.15) is 0 Å². The van der Waals surface area contributed by atoms with E-state index in [2.05, 4.69) is 0 Å². The lowest BCUT2D eigenvalue weighted by molar-refractivity contribution is -0.118. The molecule has 0 aliphatic heterocycles. The van der Waals surface area contributed by atoms with E-state index in [4.69, 9.17) is 0 Å². The highest BCUT2D eigenvalue weighted by molar-refractivity contribution is 7.10. The van der Waals surface area contributed by atoms with Crippen molar-refractivity contribution < 1.29 is 9.59 Å².